The van der Waals surface area contributed by atoms with Gasteiger partial charge in [0.05, 0.1) is 11.8 Å². The summed E-state index contributed by atoms with van der Waals surface area (Å²) in [5.41, 5.74) is 7.57. The number of halogens is 1. The maximum absolute atomic E-state index is 13.0. The van der Waals surface area contributed by atoms with Crippen LogP contribution in [0.3, 0.4) is 0 Å². The molecular weight excluding hydrogens is 297 g/mol. The van der Waals surface area contributed by atoms with Crippen LogP contribution in [0.4, 0.5) is 15.8 Å². The average molecular weight is 311 g/mol. The molecular formula is C17H14FN3O2. The standard InChI is InChI=1S/C17H14FN3O2/c18-12-3-1-11(2-4-12)9-16-17(22)21(8-7-19)14-6-5-13(20)10-15(14)23-16/h1-6,10,16H,8-9,20H2. The third-order valence-electron chi connectivity index (χ3n) is 3.65. The highest BCUT2D eigenvalue weighted by atomic mass is 19.1. The van der Waals surface area contributed by atoms with Gasteiger partial charge in [-0.2, -0.15) is 5.26 Å². The van der Waals surface area contributed by atoms with Gasteiger partial charge in [-0.05, 0) is 29.8 Å². The summed E-state index contributed by atoms with van der Waals surface area (Å²) in [6.07, 6.45) is -0.488. The number of carbonyl (C=O) groups is 1. The van der Waals surface area contributed by atoms with Crippen molar-refractivity contribution in [2.45, 2.75) is 12.5 Å². The number of ether oxygens (including phenoxy) is 1. The van der Waals surface area contributed by atoms with Gasteiger partial charge in [-0.3, -0.25) is 9.69 Å². The summed E-state index contributed by atoms with van der Waals surface area (Å²) in [5, 5.41) is 8.97. The third kappa shape index (κ3) is 2.94. The Kier molecular flexibility index (Phi) is 3.85. The Morgan fingerprint density at radius 3 is 2.70 bits per heavy atom. The molecule has 1 heterocycles. The first-order chi connectivity index (χ1) is 11.1. The fraction of sp³-hybridized carbons (Fsp3) is 0.176. The fourth-order valence-corrected chi connectivity index (χ4v) is 2.54. The second-order valence-corrected chi connectivity index (χ2v) is 5.25. The molecule has 1 aliphatic rings. The van der Waals surface area contributed by atoms with Crippen LogP contribution in [0.2, 0.25) is 0 Å². The first-order valence-corrected chi connectivity index (χ1v) is 7.07. The highest BCUT2D eigenvalue weighted by Gasteiger charge is 2.34. The Hall–Kier alpha value is -3.07. The number of nitrogens with zero attached hydrogens (tertiary/aromatic N) is 2. The molecule has 0 aromatic heterocycles. The van der Waals surface area contributed by atoms with Crippen molar-refractivity contribution in [3.05, 3.63) is 53.8 Å². The number of nitrogens with two attached hydrogens (primary N) is 1. The van der Waals surface area contributed by atoms with Crippen LogP contribution in [0.5, 0.6) is 5.75 Å². The smallest absolute Gasteiger partial charge is 0.269 e. The van der Waals surface area contributed by atoms with Crippen LogP contribution in [0.1, 0.15) is 5.56 Å². The molecule has 0 spiro atoms. The predicted octanol–water partition coefficient (Wildman–Crippen LogP) is 2.27. The number of fused-ring (bicyclic) bond motifs is 1. The Morgan fingerprint density at radius 2 is 2.00 bits per heavy atom. The lowest BCUT2D eigenvalue weighted by Gasteiger charge is -2.33. The SMILES string of the molecule is N#CCN1C(=O)C(Cc2ccc(F)cc2)Oc2cc(N)ccc21. The van der Waals surface area contributed by atoms with Crippen LogP contribution in [0, 0.1) is 17.1 Å². The number of rotatable bonds is 3. The van der Waals surface area contributed by atoms with Gasteiger partial charge in [0.2, 0.25) is 0 Å². The lowest BCUT2D eigenvalue weighted by atomic mass is 10.0. The van der Waals surface area contributed by atoms with Crippen molar-refractivity contribution in [2.75, 3.05) is 17.2 Å². The number of benzene rings is 2. The van der Waals surface area contributed by atoms with Crippen LogP contribution in [-0.4, -0.2) is 18.6 Å². The van der Waals surface area contributed by atoms with Crippen molar-refractivity contribution < 1.29 is 13.9 Å². The molecule has 0 bridgehead atoms. The maximum atomic E-state index is 13.0. The molecule has 2 N–H and O–H groups in total. The number of hydrogen-bond acceptors (Lipinski definition) is 4. The van der Waals surface area contributed by atoms with Gasteiger partial charge in [0.1, 0.15) is 18.1 Å². The van der Waals surface area contributed by atoms with Gasteiger partial charge in [-0.25, -0.2) is 4.39 Å². The van der Waals surface area contributed by atoms with Crippen LogP contribution >= 0.6 is 0 Å². The molecule has 0 radical (unpaired) electrons. The third-order valence-corrected chi connectivity index (χ3v) is 3.65. The van der Waals surface area contributed by atoms with Gasteiger partial charge in [0.25, 0.3) is 5.91 Å². The molecule has 23 heavy (non-hydrogen) atoms. The van der Waals surface area contributed by atoms with Gasteiger partial charge in [-0.15, -0.1) is 0 Å². The summed E-state index contributed by atoms with van der Waals surface area (Å²) in [5.74, 6) is -0.172. The van der Waals surface area contributed by atoms with E-state index in [-0.39, 0.29) is 24.7 Å². The molecule has 1 atom stereocenters. The first-order valence-electron chi connectivity index (χ1n) is 7.07. The summed E-state index contributed by atoms with van der Waals surface area (Å²) < 4.78 is 18.8. The number of nitrogen functional groups attached to an aromatic ring is 1. The van der Waals surface area contributed by atoms with Gasteiger partial charge in [0, 0.05) is 18.2 Å². The first kappa shape index (κ1) is 14.9. The quantitative estimate of drug-likeness (QED) is 0.696. The van der Waals surface area contributed by atoms with Crippen LogP contribution in [0.25, 0.3) is 0 Å². The average Bonchev–Trinajstić information content (AvgIpc) is 2.53. The van der Waals surface area contributed by atoms with E-state index in [2.05, 4.69) is 0 Å². The van der Waals surface area contributed by atoms with E-state index in [0.29, 0.717) is 17.1 Å². The number of amides is 1. The molecule has 0 saturated heterocycles. The topological polar surface area (TPSA) is 79.3 Å². The Balaban J connectivity index is 1.92. The van der Waals surface area contributed by atoms with Gasteiger partial charge < -0.3 is 10.5 Å². The van der Waals surface area contributed by atoms with E-state index < -0.39 is 6.10 Å². The second kappa shape index (κ2) is 5.97. The molecule has 116 valence electrons. The van der Waals surface area contributed by atoms with Crippen molar-refractivity contribution in [1.29, 1.82) is 5.26 Å². The zero-order valence-corrected chi connectivity index (χ0v) is 12.2. The van der Waals surface area contributed by atoms with Crippen LogP contribution in [-0.2, 0) is 11.2 Å². The summed E-state index contributed by atoms with van der Waals surface area (Å²) in [6.45, 7) is -0.0704. The molecule has 1 aliphatic heterocycles. The molecule has 2 aromatic carbocycles. The van der Waals surface area contributed by atoms with Crippen molar-refractivity contribution in [3.63, 3.8) is 0 Å². The molecule has 0 saturated carbocycles. The largest absolute Gasteiger partial charge is 0.478 e. The summed E-state index contributed by atoms with van der Waals surface area (Å²) in [4.78, 5) is 14.0. The fourth-order valence-electron chi connectivity index (χ4n) is 2.54. The second-order valence-electron chi connectivity index (χ2n) is 5.25. The molecule has 1 amide bonds. The van der Waals surface area contributed by atoms with Crippen molar-refractivity contribution >= 4 is 17.3 Å². The van der Waals surface area contributed by atoms with Gasteiger partial charge >= 0.3 is 0 Å². The highest BCUT2D eigenvalue weighted by molar-refractivity contribution is 6.00. The maximum Gasteiger partial charge on any atom is 0.269 e. The summed E-state index contributed by atoms with van der Waals surface area (Å²) >= 11 is 0. The molecule has 5 nitrogen and oxygen atoms in total. The number of carbonyl (C=O) groups excluding carboxylic acids is 1. The van der Waals surface area contributed by atoms with Crippen molar-refractivity contribution in [3.8, 4) is 11.8 Å². The van der Waals surface area contributed by atoms with Gasteiger partial charge in [-0.1, -0.05) is 12.1 Å². The summed E-state index contributed by atoms with van der Waals surface area (Å²) in [7, 11) is 0. The molecule has 0 aliphatic carbocycles. The van der Waals surface area contributed by atoms with Crippen LogP contribution < -0.4 is 15.4 Å². The minimum Gasteiger partial charge on any atom is -0.478 e. The minimum absolute atomic E-state index is 0.0704. The van der Waals surface area contributed by atoms with Crippen molar-refractivity contribution in [2.24, 2.45) is 0 Å². The zero-order chi connectivity index (χ0) is 16.4. The Labute approximate surface area is 132 Å². The van der Waals surface area contributed by atoms with E-state index >= 15 is 0 Å². The Morgan fingerprint density at radius 1 is 1.26 bits per heavy atom. The number of nitriles is 1. The number of hydrogen-bond donors (Lipinski definition) is 1. The minimum atomic E-state index is -0.775. The molecule has 6 heteroatoms. The zero-order valence-electron chi connectivity index (χ0n) is 12.2. The van der Waals surface area contributed by atoms with E-state index in [1.165, 1.54) is 17.0 Å². The monoisotopic (exact) mass is 311 g/mol. The van der Waals surface area contributed by atoms with Gasteiger partial charge in [0.15, 0.2) is 6.10 Å². The van der Waals surface area contributed by atoms with Crippen molar-refractivity contribution in [1.82, 2.24) is 0 Å². The molecule has 3 rings (SSSR count). The summed E-state index contributed by atoms with van der Waals surface area (Å²) in [6, 6.07) is 12.8. The van der Waals surface area contributed by atoms with E-state index in [1.807, 2.05) is 6.07 Å². The predicted molar refractivity (Wildman–Crippen MR) is 83.3 cm³/mol. The lowest BCUT2D eigenvalue weighted by molar-refractivity contribution is -0.126. The van der Waals surface area contributed by atoms with E-state index in [9.17, 15) is 9.18 Å². The Bertz CT molecular complexity index is 783. The number of anilines is 2. The molecule has 1 unspecified atom stereocenters. The molecule has 2 aromatic rings. The van der Waals surface area contributed by atoms with E-state index in [4.69, 9.17) is 15.7 Å². The lowest BCUT2D eigenvalue weighted by Crippen LogP contribution is -2.47. The van der Waals surface area contributed by atoms with E-state index in [0.717, 1.165) is 5.56 Å². The highest BCUT2D eigenvalue weighted by Crippen LogP contribution is 2.36. The van der Waals surface area contributed by atoms with Crippen LogP contribution in [0.15, 0.2) is 42.5 Å². The normalized spacial score (nSPS) is 16.4. The van der Waals surface area contributed by atoms with E-state index in [1.54, 1.807) is 30.3 Å². The molecule has 0 fully saturated rings.